The maximum atomic E-state index is 12.7. The number of halogens is 3. The first kappa shape index (κ1) is 14.3. The fourth-order valence-electron chi connectivity index (χ4n) is 1.66. The number of ether oxygens (including phenoxy) is 1. The summed E-state index contributed by atoms with van der Waals surface area (Å²) in [5.41, 5.74) is -0.566. The van der Waals surface area contributed by atoms with Crippen LogP contribution in [0.4, 0.5) is 13.2 Å². The molecule has 1 aromatic carbocycles. The molecule has 2 aromatic rings. The van der Waals surface area contributed by atoms with Crippen LogP contribution in [-0.4, -0.2) is 10.1 Å². The van der Waals surface area contributed by atoms with Crippen LogP contribution in [0.2, 0.25) is 0 Å². The molecule has 1 heterocycles. The molecular weight excluding hydrogens is 271 g/mol. The molecular formula is C14H12F3NO2. The van der Waals surface area contributed by atoms with Crippen molar-refractivity contribution in [3.8, 4) is 5.88 Å². The quantitative estimate of drug-likeness (QED) is 0.937. The third kappa shape index (κ3) is 3.48. The van der Waals surface area contributed by atoms with Crippen molar-refractivity contribution in [2.45, 2.75) is 19.4 Å². The Hall–Kier alpha value is -2.08. The predicted molar refractivity (Wildman–Crippen MR) is 65.9 cm³/mol. The van der Waals surface area contributed by atoms with Crippen molar-refractivity contribution in [2.24, 2.45) is 0 Å². The van der Waals surface area contributed by atoms with Crippen molar-refractivity contribution in [1.29, 1.82) is 0 Å². The summed E-state index contributed by atoms with van der Waals surface area (Å²) < 4.78 is 43.5. The van der Waals surface area contributed by atoms with Gasteiger partial charge >= 0.3 is 6.18 Å². The van der Waals surface area contributed by atoms with Crippen LogP contribution in [-0.2, 0) is 19.4 Å². The maximum absolute atomic E-state index is 12.7. The Morgan fingerprint density at radius 3 is 2.35 bits per heavy atom. The zero-order chi connectivity index (χ0) is 14.6. The molecule has 0 saturated heterocycles. The summed E-state index contributed by atoms with van der Waals surface area (Å²) in [4.78, 5) is 3.42. The molecule has 0 fully saturated rings. The molecule has 106 valence electrons. The zero-order valence-corrected chi connectivity index (χ0v) is 10.4. The van der Waals surface area contributed by atoms with Crippen molar-refractivity contribution in [3.05, 3.63) is 59.3 Å². The third-order valence-electron chi connectivity index (χ3n) is 2.62. The SMILES string of the molecule is OCc1ccc(OCc2ccccc2)nc1C(F)(F)F. The van der Waals surface area contributed by atoms with Gasteiger partial charge in [0.05, 0.1) is 6.61 Å². The van der Waals surface area contributed by atoms with Gasteiger partial charge in [-0.25, -0.2) is 4.98 Å². The van der Waals surface area contributed by atoms with E-state index in [0.717, 1.165) is 11.6 Å². The number of aliphatic hydroxyl groups excluding tert-OH is 1. The Morgan fingerprint density at radius 1 is 1.05 bits per heavy atom. The van der Waals surface area contributed by atoms with Crippen LogP contribution >= 0.6 is 0 Å². The third-order valence-corrected chi connectivity index (χ3v) is 2.62. The van der Waals surface area contributed by atoms with E-state index < -0.39 is 18.5 Å². The summed E-state index contributed by atoms with van der Waals surface area (Å²) in [5, 5.41) is 8.90. The number of pyridine rings is 1. The van der Waals surface area contributed by atoms with E-state index in [0.29, 0.717) is 0 Å². The second-order valence-corrected chi connectivity index (χ2v) is 4.09. The number of alkyl halides is 3. The van der Waals surface area contributed by atoms with Gasteiger partial charge in [0.1, 0.15) is 6.61 Å². The van der Waals surface area contributed by atoms with Gasteiger partial charge in [-0.2, -0.15) is 13.2 Å². The Kier molecular flexibility index (Phi) is 4.24. The minimum atomic E-state index is -4.62. The fourth-order valence-corrected chi connectivity index (χ4v) is 1.66. The lowest BCUT2D eigenvalue weighted by Gasteiger charge is -2.12. The highest BCUT2D eigenvalue weighted by molar-refractivity contribution is 5.27. The van der Waals surface area contributed by atoms with Crippen LogP contribution in [0, 0.1) is 0 Å². The molecule has 0 saturated carbocycles. The molecule has 0 radical (unpaired) electrons. The van der Waals surface area contributed by atoms with Crippen molar-refractivity contribution >= 4 is 0 Å². The first-order valence-electron chi connectivity index (χ1n) is 5.85. The van der Waals surface area contributed by atoms with Gasteiger partial charge in [0.25, 0.3) is 0 Å². The van der Waals surface area contributed by atoms with Crippen molar-refractivity contribution < 1.29 is 23.0 Å². The monoisotopic (exact) mass is 283 g/mol. The second-order valence-electron chi connectivity index (χ2n) is 4.09. The van der Waals surface area contributed by atoms with Gasteiger partial charge in [0, 0.05) is 11.6 Å². The topological polar surface area (TPSA) is 42.4 Å². The average molecular weight is 283 g/mol. The number of rotatable bonds is 4. The van der Waals surface area contributed by atoms with E-state index in [2.05, 4.69) is 4.98 Å². The summed E-state index contributed by atoms with van der Waals surface area (Å²) in [6.07, 6.45) is -4.62. The number of aliphatic hydroxyl groups is 1. The van der Waals surface area contributed by atoms with Gasteiger partial charge in [-0.1, -0.05) is 30.3 Å². The standard InChI is InChI=1S/C14H12F3NO2/c15-14(16,17)13-11(8-19)6-7-12(18-13)20-9-10-4-2-1-3-5-10/h1-7,19H,8-9H2. The van der Waals surface area contributed by atoms with E-state index in [4.69, 9.17) is 9.84 Å². The molecule has 1 aromatic heterocycles. The molecule has 0 atom stereocenters. The van der Waals surface area contributed by atoms with E-state index in [1.165, 1.54) is 6.07 Å². The highest BCUT2D eigenvalue weighted by Crippen LogP contribution is 2.32. The molecule has 0 aliphatic heterocycles. The smallest absolute Gasteiger partial charge is 0.433 e. The van der Waals surface area contributed by atoms with Crippen LogP contribution < -0.4 is 4.74 Å². The van der Waals surface area contributed by atoms with Crippen LogP contribution in [0.3, 0.4) is 0 Å². The van der Waals surface area contributed by atoms with Gasteiger partial charge in [-0.3, -0.25) is 0 Å². The van der Waals surface area contributed by atoms with Gasteiger partial charge in [0.2, 0.25) is 5.88 Å². The number of benzene rings is 1. The maximum Gasteiger partial charge on any atom is 0.433 e. The highest BCUT2D eigenvalue weighted by atomic mass is 19.4. The van der Waals surface area contributed by atoms with E-state index in [1.54, 1.807) is 12.1 Å². The molecule has 0 amide bonds. The number of nitrogens with zero attached hydrogens (tertiary/aromatic N) is 1. The minimum absolute atomic E-state index is 0.127. The summed E-state index contributed by atoms with van der Waals surface area (Å²) in [6.45, 7) is -0.593. The first-order valence-corrected chi connectivity index (χ1v) is 5.85. The van der Waals surface area contributed by atoms with Gasteiger partial charge in [0.15, 0.2) is 5.69 Å². The van der Waals surface area contributed by atoms with E-state index >= 15 is 0 Å². The molecule has 0 aliphatic rings. The van der Waals surface area contributed by atoms with Crippen molar-refractivity contribution in [2.75, 3.05) is 0 Å². The highest BCUT2D eigenvalue weighted by Gasteiger charge is 2.35. The molecule has 0 bridgehead atoms. The molecule has 20 heavy (non-hydrogen) atoms. The Morgan fingerprint density at radius 2 is 1.75 bits per heavy atom. The number of hydrogen-bond acceptors (Lipinski definition) is 3. The lowest BCUT2D eigenvalue weighted by molar-refractivity contribution is -0.142. The lowest BCUT2D eigenvalue weighted by atomic mass is 10.2. The minimum Gasteiger partial charge on any atom is -0.473 e. The number of aromatic nitrogens is 1. The van der Waals surface area contributed by atoms with E-state index in [1.807, 2.05) is 18.2 Å². The molecule has 1 N–H and O–H groups in total. The van der Waals surface area contributed by atoms with Crippen LogP contribution in [0.15, 0.2) is 42.5 Å². The molecule has 0 unspecified atom stereocenters. The summed E-state index contributed by atoms with van der Waals surface area (Å²) in [6, 6.07) is 11.5. The Labute approximate surface area is 113 Å². The normalized spacial score (nSPS) is 11.4. The van der Waals surface area contributed by atoms with Gasteiger partial charge < -0.3 is 9.84 Å². The summed E-state index contributed by atoms with van der Waals surface area (Å²) in [5.74, 6) is -0.127. The van der Waals surface area contributed by atoms with Crippen LogP contribution in [0.1, 0.15) is 16.8 Å². The molecule has 3 nitrogen and oxygen atoms in total. The van der Waals surface area contributed by atoms with E-state index in [9.17, 15) is 13.2 Å². The van der Waals surface area contributed by atoms with Gasteiger partial charge in [-0.15, -0.1) is 0 Å². The molecule has 2 rings (SSSR count). The number of hydrogen-bond donors (Lipinski definition) is 1. The molecule has 0 aliphatic carbocycles. The summed E-state index contributed by atoms with van der Waals surface area (Å²) >= 11 is 0. The average Bonchev–Trinajstić information content (AvgIpc) is 2.45. The Bertz CT molecular complexity index is 570. The lowest BCUT2D eigenvalue weighted by Crippen LogP contribution is -2.13. The van der Waals surface area contributed by atoms with Crippen molar-refractivity contribution in [3.63, 3.8) is 0 Å². The van der Waals surface area contributed by atoms with Crippen LogP contribution in [0.5, 0.6) is 5.88 Å². The van der Waals surface area contributed by atoms with Crippen LogP contribution in [0.25, 0.3) is 0 Å². The van der Waals surface area contributed by atoms with Crippen molar-refractivity contribution in [1.82, 2.24) is 4.98 Å². The second kappa shape index (κ2) is 5.92. The fraction of sp³-hybridized carbons (Fsp3) is 0.214. The molecule has 6 heteroatoms. The first-order chi connectivity index (χ1) is 9.50. The molecule has 0 spiro atoms. The summed E-state index contributed by atoms with van der Waals surface area (Å²) in [7, 11) is 0. The zero-order valence-electron chi connectivity index (χ0n) is 10.4. The predicted octanol–water partition coefficient (Wildman–Crippen LogP) is 3.17. The van der Waals surface area contributed by atoms with Gasteiger partial charge in [-0.05, 0) is 11.6 Å². The Balaban J connectivity index is 2.17. The largest absolute Gasteiger partial charge is 0.473 e. The van der Waals surface area contributed by atoms with E-state index in [-0.39, 0.29) is 18.1 Å².